The summed E-state index contributed by atoms with van der Waals surface area (Å²) >= 11 is 0. The van der Waals surface area contributed by atoms with Crippen LogP contribution in [0.25, 0.3) is 0 Å². The van der Waals surface area contributed by atoms with Crippen molar-refractivity contribution >= 4 is 5.91 Å². The molecule has 0 N–H and O–H groups in total. The quantitative estimate of drug-likeness (QED) is 0.596. The van der Waals surface area contributed by atoms with Crippen molar-refractivity contribution in [1.82, 2.24) is 4.90 Å². The first-order chi connectivity index (χ1) is 12.2. The number of hydrogen-bond donors (Lipinski definition) is 0. The Balaban J connectivity index is 1.91. The summed E-state index contributed by atoms with van der Waals surface area (Å²) in [5, 5.41) is 0. The normalized spacial score (nSPS) is 10.5. The number of ether oxygens (including phenoxy) is 1. The SMILES string of the molecule is CCCCN(Cc1ccc(OCc2ccccc2)cc1)C(=O)CCC. The number of carbonyl (C=O) groups is 1. The van der Waals surface area contributed by atoms with E-state index in [1.54, 1.807) is 0 Å². The number of hydrogen-bond acceptors (Lipinski definition) is 2. The number of nitrogens with zero attached hydrogens (tertiary/aromatic N) is 1. The summed E-state index contributed by atoms with van der Waals surface area (Å²) in [5.74, 6) is 1.10. The second-order valence-corrected chi connectivity index (χ2v) is 6.34. The molecule has 0 aromatic heterocycles. The van der Waals surface area contributed by atoms with Crippen molar-refractivity contribution in [3.63, 3.8) is 0 Å². The molecule has 0 fully saturated rings. The van der Waals surface area contributed by atoms with Crippen LogP contribution in [0.3, 0.4) is 0 Å². The molecule has 0 saturated heterocycles. The van der Waals surface area contributed by atoms with Gasteiger partial charge in [-0.3, -0.25) is 4.79 Å². The topological polar surface area (TPSA) is 29.5 Å². The van der Waals surface area contributed by atoms with Crippen molar-refractivity contribution in [3.05, 3.63) is 65.7 Å². The van der Waals surface area contributed by atoms with Gasteiger partial charge in [0.05, 0.1) is 0 Å². The average molecular weight is 339 g/mol. The van der Waals surface area contributed by atoms with Crippen LogP contribution >= 0.6 is 0 Å². The van der Waals surface area contributed by atoms with Gasteiger partial charge < -0.3 is 9.64 Å². The third-order valence-corrected chi connectivity index (χ3v) is 4.14. The van der Waals surface area contributed by atoms with Crippen LogP contribution in [-0.4, -0.2) is 17.4 Å². The predicted molar refractivity (Wildman–Crippen MR) is 102 cm³/mol. The molecule has 0 spiro atoms. The number of rotatable bonds is 10. The molecule has 3 nitrogen and oxygen atoms in total. The maximum absolute atomic E-state index is 12.3. The Morgan fingerprint density at radius 1 is 0.920 bits per heavy atom. The van der Waals surface area contributed by atoms with E-state index < -0.39 is 0 Å². The molecule has 0 saturated carbocycles. The fraction of sp³-hybridized carbons (Fsp3) is 0.409. The van der Waals surface area contributed by atoms with Crippen LogP contribution in [0.1, 0.15) is 50.7 Å². The first-order valence-corrected chi connectivity index (χ1v) is 9.26. The highest BCUT2D eigenvalue weighted by Crippen LogP contribution is 2.16. The maximum atomic E-state index is 12.3. The summed E-state index contributed by atoms with van der Waals surface area (Å²) in [4.78, 5) is 14.3. The lowest BCUT2D eigenvalue weighted by atomic mass is 10.1. The fourth-order valence-corrected chi connectivity index (χ4v) is 2.67. The van der Waals surface area contributed by atoms with E-state index in [-0.39, 0.29) is 5.91 Å². The molecule has 0 radical (unpaired) electrons. The molecule has 0 atom stereocenters. The Bertz CT molecular complexity index is 622. The zero-order chi connectivity index (χ0) is 17.9. The molecule has 0 heterocycles. The Morgan fingerprint density at radius 2 is 1.64 bits per heavy atom. The zero-order valence-electron chi connectivity index (χ0n) is 15.4. The van der Waals surface area contributed by atoms with Crippen molar-refractivity contribution < 1.29 is 9.53 Å². The smallest absolute Gasteiger partial charge is 0.222 e. The molecule has 2 aromatic rings. The van der Waals surface area contributed by atoms with Gasteiger partial charge in [0.2, 0.25) is 5.91 Å². The van der Waals surface area contributed by atoms with E-state index in [1.807, 2.05) is 35.2 Å². The zero-order valence-corrected chi connectivity index (χ0v) is 15.4. The molecule has 0 bridgehead atoms. The molecule has 3 heteroatoms. The van der Waals surface area contributed by atoms with Crippen LogP contribution in [0.4, 0.5) is 0 Å². The van der Waals surface area contributed by atoms with E-state index in [0.29, 0.717) is 19.6 Å². The van der Waals surface area contributed by atoms with Crippen molar-refractivity contribution in [2.24, 2.45) is 0 Å². The van der Waals surface area contributed by atoms with Crippen molar-refractivity contribution in [2.45, 2.75) is 52.7 Å². The Kier molecular flexibility index (Phi) is 8.03. The number of unbranched alkanes of at least 4 members (excludes halogenated alkanes) is 1. The first-order valence-electron chi connectivity index (χ1n) is 9.26. The minimum atomic E-state index is 0.250. The lowest BCUT2D eigenvalue weighted by Crippen LogP contribution is -2.31. The van der Waals surface area contributed by atoms with Gasteiger partial charge in [0, 0.05) is 19.5 Å². The summed E-state index contributed by atoms with van der Waals surface area (Å²) in [5.41, 5.74) is 2.30. The monoisotopic (exact) mass is 339 g/mol. The lowest BCUT2D eigenvalue weighted by Gasteiger charge is -2.22. The largest absolute Gasteiger partial charge is 0.489 e. The van der Waals surface area contributed by atoms with E-state index in [2.05, 4.69) is 38.1 Å². The maximum Gasteiger partial charge on any atom is 0.222 e. The van der Waals surface area contributed by atoms with Crippen molar-refractivity contribution in [1.29, 1.82) is 0 Å². The molecule has 1 amide bonds. The molecule has 25 heavy (non-hydrogen) atoms. The molecule has 0 aliphatic rings. The fourth-order valence-electron chi connectivity index (χ4n) is 2.67. The van der Waals surface area contributed by atoms with Gasteiger partial charge >= 0.3 is 0 Å². The third-order valence-electron chi connectivity index (χ3n) is 4.14. The second-order valence-electron chi connectivity index (χ2n) is 6.34. The minimum Gasteiger partial charge on any atom is -0.489 e. The summed E-state index contributed by atoms with van der Waals surface area (Å²) < 4.78 is 5.82. The predicted octanol–water partition coefficient (Wildman–Crippen LogP) is 5.19. The van der Waals surface area contributed by atoms with Gasteiger partial charge in [-0.2, -0.15) is 0 Å². The standard InChI is InChI=1S/C22H29NO2/c1-3-5-16-23(22(24)9-4-2)17-19-12-14-21(15-13-19)25-18-20-10-7-6-8-11-20/h6-8,10-15H,3-5,9,16-18H2,1-2H3. The minimum absolute atomic E-state index is 0.250. The van der Waals surface area contributed by atoms with Crippen LogP contribution in [0.2, 0.25) is 0 Å². The molecule has 2 aromatic carbocycles. The van der Waals surface area contributed by atoms with Gasteiger partial charge in [0.15, 0.2) is 0 Å². The van der Waals surface area contributed by atoms with E-state index >= 15 is 0 Å². The third kappa shape index (κ3) is 6.61. The van der Waals surface area contributed by atoms with E-state index in [1.165, 1.54) is 0 Å². The molecule has 0 unspecified atom stereocenters. The van der Waals surface area contributed by atoms with Crippen LogP contribution in [-0.2, 0) is 17.9 Å². The molecular formula is C22H29NO2. The van der Waals surface area contributed by atoms with Crippen LogP contribution < -0.4 is 4.74 Å². The Labute approximate surface area is 151 Å². The van der Waals surface area contributed by atoms with Crippen LogP contribution in [0, 0.1) is 0 Å². The summed E-state index contributed by atoms with van der Waals surface area (Å²) in [6.45, 7) is 6.29. The Hall–Kier alpha value is -2.29. The summed E-state index contributed by atoms with van der Waals surface area (Å²) in [6, 6.07) is 18.2. The van der Waals surface area contributed by atoms with Gasteiger partial charge in [0.25, 0.3) is 0 Å². The highest BCUT2D eigenvalue weighted by Gasteiger charge is 2.12. The van der Waals surface area contributed by atoms with Crippen LogP contribution in [0.5, 0.6) is 5.75 Å². The highest BCUT2D eigenvalue weighted by molar-refractivity contribution is 5.76. The first kappa shape index (κ1) is 19.0. The number of carbonyl (C=O) groups excluding carboxylic acids is 1. The van der Waals surface area contributed by atoms with Gasteiger partial charge in [0.1, 0.15) is 12.4 Å². The van der Waals surface area contributed by atoms with Crippen LogP contribution in [0.15, 0.2) is 54.6 Å². The van der Waals surface area contributed by atoms with Crippen molar-refractivity contribution in [2.75, 3.05) is 6.54 Å². The molecule has 0 aliphatic carbocycles. The van der Waals surface area contributed by atoms with Crippen molar-refractivity contribution in [3.8, 4) is 5.75 Å². The molecule has 0 aliphatic heterocycles. The number of amides is 1. The van der Waals surface area contributed by atoms with Gasteiger partial charge in [-0.25, -0.2) is 0 Å². The lowest BCUT2D eigenvalue weighted by molar-refractivity contribution is -0.131. The highest BCUT2D eigenvalue weighted by atomic mass is 16.5. The molecule has 2 rings (SSSR count). The van der Waals surface area contributed by atoms with E-state index in [0.717, 1.165) is 42.7 Å². The van der Waals surface area contributed by atoms with Gasteiger partial charge in [-0.05, 0) is 36.1 Å². The molecule has 134 valence electrons. The summed E-state index contributed by atoms with van der Waals surface area (Å²) in [7, 11) is 0. The van der Waals surface area contributed by atoms with E-state index in [4.69, 9.17) is 4.74 Å². The number of benzene rings is 2. The second kappa shape index (κ2) is 10.5. The molecular weight excluding hydrogens is 310 g/mol. The van der Waals surface area contributed by atoms with E-state index in [9.17, 15) is 4.79 Å². The summed E-state index contributed by atoms with van der Waals surface area (Å²) in [6.07, 6.45) is 3.67. The van der Waals surface area contributed by atoms with Gasteiger partial charge in [-0.1, -0.05) is 62.7 Å². The van der Waals surface area contributed by atoms with Gasteiger partial charge in [-0.15, -0.1) is 0 Å². The Morgan fingerprint density at radius 3 is 2.28 bits per heavy atom. The average Bonchev–Trinajstić information content (AvgIpc) is 2.65.